The van der Waals surface area contributed by atoms with Crippen molar-refractivity contribution in [2.75, 3.05) is 10.0 Å². The van der Waals surface area contributed by atoms with Gasteiger partial charge in [-0.15, -0.1) is 0 Å². The summed E-state index contributed by atoms with van der Waals surface area (Å²) in [5.74, 6) is -0.443. The topological polar surface area (TPSA) is 75.3 Å². The van der Waals surface area contributed by atoms with Crippen LogP contribution in [0.1, 0.15) is 10.4 Å². The molecule has 32 heavy (non-hydrogen) atoms. The van der Waals surface area contributed by atoms with Crippen LogP contribution in [-0.4, -0.2) is 14.3 Å². The van der Waals surface area contributed by atoms with Gasteiger partial charge in [0.05, 0.1) is 5.02 Å². The molecule has 0 bridgehead atoms. The summed E-state index contributed by atoms with van der Waals surface area (Å²) in [6, 6.07) is 29.7. The average Bonchev–Trinajstić information content (AvgIpc) is 2.80. The first-order chi connectivity index (χ1) is 15.4. The van der Waals surface area contributed by atoms with Crippen molar-refractivity contribution >= 4 is 38.9 Å². The van der Waals surface area contributed by atoms with E-state index >= 15 is 0 Å². The minimum atomic E-state index is -3.99. The van der Waals surface area contributed by atoms with Crippen LogP contribution < -0.4 is 10.0 Å². The maximum atomic E-state index is 13.0. The van der Waals surface area contributed by atoms with E-state index in [1.165, 1.54) is 18.2 Å². The van der Waals surface area contributed by atoms with Crippen LogP contribution in [0.3, 0.4) is 0 Å². The highest BCUT2D eigenvalue weighted by atomic mass is 35.5. The SMILES string of the molecule is O=C(Nc1ccccc1-c1ccccc1)c1ccc(Cl)c(S(=O)(=O)Nc2ccccc2)c1. The summed E-state index contributed by atoms with van der Waals surface area (Å²) < 4.78 is 28.2. The molecular formula is C25H19ClN2O3S. The molecule has 160 valence electrons. The van der Waals surface area contributed by atoms with Crippen molar-refractivity contribution in [2.45, 2.75) is 4.90 Å². The number of sulfonamides is 1. The molecule has 4 rings (SSSR count). The van der Waals surface area contributed by atoms with Crippen LogP contribution in [0, 0.1) is 0 Å². The number of amides is 1. The highest BCUT2D eigenvalue weighted by Crippen LogP contribution is 2.29. The second kappa shape index (κ2) is 9.26. The third-order valence-electron chi connectivity index (χ3n) is 4.77. The first-order valence-electron chi connectivity index (χ1n) is 9.77. The molecule has 0 fully saturated rings. The van der Waals surface area contributed by atoms with Gasteiger partial charge in [0.15, 0.2) is 0 Å². The minimum absolute atomic E-state index is 0.0228. The Morgan fingerprint density at radius 3 is 2.09 bits per heavy atom. The molecule has 0 saturated carbocycles. The fourth-order valence-corrected chi connectivity index (χ4v) is 4.81. The highest BCUT2D eigenvalue weighted by Gasteiger charge is 2.21. The Hall–Kier alpha value is -3.61. The molecule has 0 spiro atoms. The molecular weight excluding hydrogens is 444 g/mol. The number of hydrogen-bond donors (Lipinski definition) is 2. The third-order valence-corrected chi connectivity index (χ3v) is 6.63. The lowest BCUT2D eigenvalue weighted by atomic mass is 10.0. The number of para-hydroxylation sites is 2. The second-order valence-electron chi connectivity index (χ2n) is 6.98. The molecule has 0 aliphatic carbocycles. The van der Waals surface area contributed by atoms with Crippen LogP contribution >= 0.6 is 11.6 Å². The van der Waals surface area contributed by atoms with Gasteiger partial charge in [-0.2, -0.15) is 0 Å². The summed E-state index contributed by atoms with van der Waals surface area (Å²) in [4.78, 5) is 12.8. The number of anilines is 2. The van der Waals surface area contributed by atoms with Gasteiger partial charge in [0.25, 0.3) is 15.9 Å². The molecule has 0 saturated heterocycles. The second-order valence-corrected chi connectivity index (χ2v) is 9.04. The van der Waals surface area contributed by atoms with E-state index in [0.29, 0.717) is 11.4 Å². The van der Waals surface area contributed by atoms with E-state index in [0.717, 1.165) is 11.1 Å². The smallest absolute Gasteiger partial charge is 0.263 e. The molecule has 5 nitrogen and oxygen atoms in total. The number of rotatable bonds is 6. The fraction of sp³-hybridized carbons (Fsp3) is 0. The molecule has 4 aromatic rings. The quantitative estimate of drug-likeness (QED) is 0.365. The van der Waals surface area contributed by atoms with E-state index in [2.05, 4.69) is 10.0 Å². The lowest BCUT2D eigenvalue weighted by Gasteiger charge is -2.13. The van der Waals surface area contributed by atoms with Gasteiger partial charge in [-0.25, -0.2) is 8.42 Å². The van der Waals surface area contributed by atoms with Gasteiger partial charge in [0, 0.05) is 22.5 Å². The lowest BCUT2D eigenvalue weighted by molar-refractivity contribution is 0.102. The molecule has 0 aliphatic heterocycles. The van der Waals surface area contributed by atoms with Crippen LogP contribution in [0.4, 0.5) is 11.4 Å². The highest BCUT2D eigenvalue weighted by molar-refractivity contribution is 7.92. The Labute approximate surface area is 191 Å². The van der Waals surface area contributed by atoms with Gasteiger partial charge >= 0.3 is 0 Å². The van der Waals surface area contributed by atoms with Gasteiger partial charge in [0.1, 0.15) is 4.90 Å². The third kappa shape index (κ3) is 4.82. The van der Waals surface area contributed by atoms with Crippen LogP contribution in [0.2, 0.25) is 5.02 Å². The lowest BCUT2D eigenvalue weighted by Crippen LogP contribution is -2.16. The van der Waals surface area contributed by atoms with Crippen LogP contribution in [0.15, 0.2) is 108 Å². The molecule has 1 amide bonds. The molecule has 0 unspecified atom stereocenters. The van der Waals surface area contributed by atoms with Gasteiger partial charge in [-0.3, -0.25) is 9.52 Å². The Kier molecular flexibility index (Phi) is 6.25. The molecule has 0 aliphatic rings. The van der Waals surface area contributed by atoms with Crippen LogP contribution in [0.5, 0.6) is 0 Å². The normalized spacial score (nSPS) is 11.0. The maximum absolute atomic E-state index is 13.0. The van der Waals surface area contributed by atoms with E-state index in [4.69, 9.17) is 11.6 Å². The zero-order valence-electron chi connectivity index (χ0n) is 16.8. The number of nitrogens with one attached hydrogen (secondary N) is 2. The zero-order chi connectivity index (χ0) is 22.6. The van der Waals surface area contributed by atoms with E-state index in [-0.39, 0.29) is 15.5 Å². The molecule has 2 N–H and O–H groups in total. The van der Waals surface area contributed by atoms with Gasteiger partial charge in [-0.1, -0.05) is 78.3 Å². The molecule has 0 atom stereocenters. The summed E-state index contributed by atoms with van der Waals surface area (Å²) >= 11 is 6.17. The molecule has 0 radical (unpaired) electrons. The van der Waals surface area contributed by atoms with E-state index in [1.807, 2.05) is 48.5 Å². The van der Waals surface area contributed by atoms with Crippen molar-refractivity contribution in [3.05, 3.63) is 114 Å². The van der Waals surface area contributed by atoms with Crippen LogP contribution in [-0.2, 0) is 10.0 Å². The Balaban J connectivity index is 1.63. The van der Waals surface area contributed by atoms with Crippen molar-refractivity contribution < 1.29 is 13.2 Å². The summed E-state index contributed by atoms with van der Waals surface area (Å²) in [5, 5.41) is 2.90. The summed E-state index contributed by atoms with van der Waals surface area (Å²) in [7, 11) is -3.99. The van der Waals surface area contributed by atoms with Gasteiger partial charge in [0.2, 0.25) is 0 Å². The summed E-state index contributed by atoms with van der Waals surface area (Å²) in [6.07, 6.45) is 0. The van der Waals surface area contributed by atoms with Crippen molar-refractivity contribution in [1.82, 2.24) is 0 Å². The first kappa shape index (κ1) is 21.6. The molecule has 0 heterocycles. The van der Waals surface area contributed by atoms with Crippen LogP contribution in [0.25, 0.3) is 11.1 Å². The number of carbonyl (C=O) groups excluding carboxylic acids is 1. The van der Waals surface area contributed by atoms with Crippen molar-refractivity contribution in [3.8, 4) is 11.1 Å². The van der Waals surface area contributed by atoms with Crippen molar-refractivity contribution in [3.63, 3.8) is 0 Å². The number of carbonyl (C=O) groups is 1. The summed E-state index contributed by atoms with van der Waals surface area (Å²) in [5.41, 5.74) is 3.00. The predicted octanol–water partition coefficient (Wildman–Crippen LogP) is 6.06. The number of benzene rings is 4. The minimum Gasteiger partial charge on any atom is -0.321 e. The Morgan fingerprint density at radius 2 is 1.38 bits per heavy atom. The monoisotopic (exact) mass is 462 g/mol. The molecule has 7 heteroatoms. The average molecular weight is 463 g/mol. The standard InChI is InChI=1S/C25H19ClN2O3S/c26-22-16-15-19(17-24(22)32(30,31)28-20-11-5-2-6-12-20)25(29)27-23-14-8-7-13-21(23)18-9-3-1-4-10-18/h1-17,28H,(H,27,29). The Bertz CT molecular complexity index is 1360. The van der Waals surface area contributed by atoms with Crippen molar-refractivity contribution in [1.29, 1.82) is 0 Å². The Morgan fingerprint density at radius 1 is 0.750 bits per heavy atom. The van der Waals surface area contributed by atoms with Gasteiger partial charge < -0.3 is 5.32 Å². The number of halogens is 1. The largest absolute Gasteiger partial charge is 0.321 e. The number of hydrogen-bond acceptors (Lipinski definition) is 3. The van der Waals surface area contributed by atoms with E-state index in [9.17, 15) is 13.2 Å². The predicted molar refractivity (Wildman–Crippen MR) is 129 cm³/mol. The van der Waals surface area contributed by atoms with Crippen molar-refractivity contribution in [2.24, 2.45) is 0 Å². The molecule has 4 aromatic carbocycles. The van der Waals surface area contributed by atoms with E-state index in [1.54, 1.807) is 36.4 Å². The summed E-state index contributed by atoms with van der Waals surface area (Å²) in [6.45, 7) is 0. The first-order valence-corrected chi connectivity index (χ1v) is 11.6. The zero-order valence-corrected chi connectivity index (χ0v) is 18.4. The maximum Gasteiger partial charge on any atom is 0.263 e. The molecule has 0 aromatic heterocycles. The van der Waals surface area contributed by atoms with E-state index < -0.39 is 15.9 Å². The van der Waals surface area contributed by atoms with Gasteiger partial charge in [-0.05, 0) is 42.0 Å². The fourth-order valence-electron chi connectivity index (χ4n) is 3.22.